The maximum atomic E-state index is 5.03. The Kier molecular flexibility index (Phi) is 4.22. The first kappa shape index (κ1) is 12.2. The molecule has 2 aromatic rings. The monoisotopic (exact) mass is 252 g/mol. The number of imidazole rings is 1. The molecule has 17 heavy (non-hydrogen) atoms. The first-order valence-corrected chi connectivity index (χ1v) is 6.47. The summed E-state index contributed by atoms with van der Waals surface area (Å²) in [7, 11) is 3.59. The number of ether oxygens (including phenoxy) is 1. The Labute approximate surface area is 105 Å². The molecule has 5 nitrogen and oxygen atoms in total. The first-order chi connectivity index (χ1) is 8.35. The predicted molar refractivity (Wildman–Crippen MR) is 69.8 cm³/mol. The number of hydrogen-bond acceptors (Lipinski definition) is 5. The molecule has 0 spiro atoms. The molecular weight excluding hydrogens is 236 g/mol. The molecule has 0 radical (unpaired) electrons. The fourth-order valence-corrected chi connectivity index (χ4v) is 2.40. The second-order valence-electron chi connectivity index (χ2n) is 3.53. The third kappa shape index (κ3) is 2.89. The largest absolute Gasteiger partial charge is 0.385 e. The first-order valence-electron chi connectivity index (χ1n) is 5.48. The van der Waals surface area contributed by atoms with E-state index < -0.39 is 0 Å². The van der Waals surface area contributed by atoms with Gasteiger partial charge in [-0.15, -0.1) is 11.8 Å². The summed E-state index contributed by atoms with van der Waals surface area (Å²) in [6.45, 7) is 0.781. The summed E-state index contributed by atoms with van der Waals surface area (Å²) in [6, 6.07) is 0. The molecule has 0 amide bonds. The number of aromatic nitrogens is 3. The third-order valence-electron chi connectivity index (χ3n) is 2.33. The quantitative estimate of drug-likeness (QED) is 0.628. The number of nitrogens with zero attached hydrogens (tertiary/aromatic N) is 3. The van der Waals surface area contributed by atoms with Crippen LogP contribution in [0.25, 0.3) is 5.65 Å². The number of rotatable bonds is 6. The molecule has 1 N–H and O–H groups in total. The summed E-state index contributed by atoms with van der Waals surface area (Å²) < 4.78 is 7.01. The Morgan fingerprint density at radius 2 is 2.41 bits per heavy atom. The van der Waals surface area contributed by atoms with E-state index in [0.717, 1.165) is 35.3 Å². The van der Waals surface area contributed by atoms with Crippen molar-refractivity contribution in [3.8, 4) is 0 Å². The van der Waals surface area contributed by atoms with Crippen molar-refractivity contribution in [1.29, 1.82) is 0 Å². The zero-order valence-electron chi connectivity index (χ0n) is 10.0. The molecule has 0 atom stereocenters. The predicted octanol–water partition coefficient (Wildman–Crippen LogP) is 1.90. The summed E-state index contributed by atoms with van der Waals surface area (Å²) in [5.74, 6) is 1.83. The van der Waals surface area contributed by atoms with Crippen molar-refractivity contribution in [2.75, 3.05) is 31.8 Å². The number of anilines is 1. The third-order valence-corrected chi connectivity index (χ3v) is 3.37. The lowest BCUT2D eigenvalue weighted by atomic mass is 10.5. The highest BCUT2D eigenvalue weighted by molar-refractivity contribution is 7.99. The summed E-state index contributed by atoms with van der Waals surface area (Å²) in [5, 5.41) is 4.01. The lowest BCUT2D eigenvalue weighted by molar-refractivity contribution is 0.200. The second kappa shape index (κ2) is 5.88. The van der Waals surface area contributed by atoms with Gasteiger partial charge in [0, 0.05) is 38.9 Å². The molecule has 0 saturated heterocycles. The minimum atomic E-state index is 0.781. The van der Waals surface area contributed by atoms with Gasteiger partial charge in [-0.1, -0.05) is 0 Å². The van der Waals surface area contributed by atoms with Crippen molar-refractivity contribution in [3.63, 3.8) is 0 Å². The maximum absolute atomic E-state index is 5.03. The molecule has 0 fully saturated rings. The molecule has 0 bridgehead atoms. The number of hydrogen-bond donors (Lipinski definition) is 1. The summed E-state index contributed by atoms with van der Waals surface area (Å²) in [4.78, 5) is 8.83. The van der Waals surface area contributed by atoms with Gasteiger partial charge in [-0.05, 0) is 6.42 Å². The van der Waals surface area contributed by atoms with Crippen LogP contribution in [0.2, 0.25) is 0 Å². The van der Waals surface area contributed by atoms with Crippen LogP contribution in [0, 0.1) is 0 Å². The number of fused-ring (bicyclic) bond motifs is 1. The van der Waals surface area contributed by atoms with Crippen LogP contribution in [-0.4, -0.2) is 40.9 Å². The maximum Gasteiger partial charge on any atom is 0.169 e. The normalized spacial score (nSPS) is 10.9. The van der Waals surface area contributed by atoms with E-state index in [9.17, 15) is 0 Å². The van der Waals surface area contributed by atoms with E-state index in [1.54, 1.807) is 25.1 Å². The fraction of sp³-hybridized carbons (Fsp3) is 0.455. The molecule has 0 aromatic carbocycles. The molecule has 6 heteroatoms. The Balaban J connectivity index is 2.16. The van der Waals surface area contributed by atoms with E-state index in [1.165, 1.54) is 0 Å². The molecule has 2 heterocycles. The van der Waals surface area contributed by atoms with E-state index in [-0.39, 0.29) is 0 Å². The minimum absolute atomic E-state index is 0.781. The van der Waals surface area contributed by atoms with Gasteiger partial charge in [0.2, 0.25) is 0 Å². The molecule has 2 rings (SSSR count). The average molecular weight is 252 g/mol. The SMILES string of the molecule is CNc1cn2ccnc2c(SCCCOC)n1. The van der Waals surface area contributed by atoms with Gasteiger partial charge in [-0.2, -0.15) is 0 Å². The average Bonchev–Trinajstić information content (AvgIpc) is 2.82. The zero-order valence-corrected chi connectivity index (χ0v) is 10.8. The molecule has 0 aliphatic rings. The fourth-order valence-electron chi connectivity index (χ4n) is 1.49. The van der Waals surface area contributed by atoms with Gasteiger partial charge in [-0.3, -0.25) is 0 Å². The Morgan fingerprint density at radius 1 is 1.53 bits per heavy atom. The second-order valence-corrected chi connectivity index (χ2v) is 4.62. The molecule has 2 aromatic heterocycles. The van der Waals surface area contributed by atoms with Crippen LogP contribution in [-0.2, 0) is 4.74 Å². The van der Waals surface area contributed by atoms with Gasteiger partial charge >= 0.3 is 0 Å². The van der Waals surface area contributed by atoms with Gasteiger partial charge in [0.15, 0.2) is 5.65 Å². The van der Waals surface area contributed by atoms with E-state index >= 15 is 0 Å². The highest BCUT2D eigenvalue weighted by atomic mass is 32.2. The van der Waals surface area contributed by atoms with Crippen LogP contribution in [0.4, 0.5) is 5.82 Å². The molecule has 0 aliphatic heterocycles. The van der Waals surface area contributed by atoms with Crippen molar-refractivity contribution in [2.24, 2.45) is 0 Å². The van der Waals surface area contributed by atoms with Crippen molar-refractivity contribution >= 4 is 23.2 Å². The molecule has 0 aliphatic carbocycles. The zero-order chi connectivity index (χ0) is 12.1. The Bertz CT molecular complexity index is 485. The summed E-state index contributed by atoms with van der Waals surface area (Å²) in [5.41, 5.74) is 0.909. The molecule has 0 saturated carbocycles. The van der Waals surface area contributed by atoms with E-state index in [1.807, 2.05) is 23.8 Å². The van der Waals surface area contributed by atoms with Crippen LogP contribution in [0.1, 0.15) is 6.42 Å². The highest BCUT2D eigenvalue weighted by Gasteiger charge is 2.07. The number of thioether (sulfide) groups is 1. The Morgan fingerprint density at radius 3 is 3.18 bits per heavy atom. The number of methoxy groups -OCH3 is 1. The van der Waals surface area contributed by atoms with Gasteiger partial charge < -0.3 is 14.5 Å². The lowest BCUT2D eigenvalue weighted by Crippen LogP contribution is -1.99. The lowest BCUT2D eigenvalue weighted by Gasteiger charge is -2.06. The standard InChI is InChI=1S/C11H16N4OS/c1-12-9-8-15-5-4-13-10(15)11(14-9)17-7-3-6-16-2/h4-5,8,12H,3,6-7H2,1-2H3. The van der Waals surface area contributed by atoms with Gasteiger partial charge in [0.25, 0.3) is 0 Å². The van der Waals surface area contributed by atoms with Crippen molar-refractivity contribution in [2.45, 2.75) is 11.4 Å². The van der Waals surface area contributed by atoms with Crippen molar-refractivity contribution in [3.05, 3.63) is 18.6 Å². The van der Waals surface area contributed by atoms with Crippen LogP contribution in [0.15, 0.2) is 23.6 Å². The summed E-state index contributed by atoms with van der Waals surface area (Å²) in [6.07, 6.45) is 6.66. The van der Waals surface area contributed by atoms with Crippen LogP contribution in [0.5, 0.6) is 0 Å². The topological polar surface area (TPSA) is 51.5 Å². The molecule has 0 unspecified atom stereocenters. The van der Waals surface area contributed by atoms with E-state index in [4.69, 9.17) is 4.74 Å². The molecule has 92 valence electrons. The van der Waals surface area contributed by atoms with Crippen molar-refractivity contribution < 1.29 is 4.74 Å². The van der Waals surface area contributed by atoms with Gasteiger partial charge in [-0.25, -0.2) is 9.97 Å². The van der Waals surface area contributed by atoms with Crippen LogP contribution < -0.4 is 5.32 Å². The van der Waals surface area contributed by atoms with E-state index in [2.05, 4.69) is 15.3 Å². The van der Waals surface area contributed by atoms with Crippen LogP contribution in [0.3, 0.4) is 0 Å². The number of nitrogens with one attached hydrogen (secondary N) is 1. The smallest absolute Gasteiger partial charge is 0.169 e. The minimum Gasteiger partial charge on any atom is -0.385 e. The Hall–Kier alpha value is -1.27. The van der Waals surface area contributed by atoms with Crippen LogP contribution >= 0.6 is 11.8 Å². The van der Waals surface area contributed by atoms with Gasteiger partial charge in [0.1, 0.15) is 10.8 Å². The summed E-state index contributed by atoms with van der Waals surface area (Å²) >= 11 is 1.71. The van der Waals surface area contributed by atoms with Crippen molar-refractivity contribution in [1.82, 2.24) is 14.4 Å². The van der Waals surface area contributed by atoms with Gasteiger partial charge in [0.05, 0.1) is 6.20 Å². The highest BCUT2D eigenvalue weighted by Crippen LogP contribution is 2.22. The van der Waals surface area contributed by atoms with E-state index in [0.29, 0.717) is 0 Å². The molecular formula is C11H16N4OS.